The van der Waals surface area contributed by atoms with E-state index in [1.54, 1.807) is 17.5 Å². The van der Waals surface area contributed by atoms with Crippen molar-refractivity contribution in [2.45, 2.75) is 0 Å². The van der Waals surface area contributed by atoms with Crippen LogP contribution in [-0.4, -0.2) is 15.2 Å². The molecule has 5 heteroatoms. The van der Waals surface area contributed by atoms with E-state index in [9.17, 15) is 0 Å². The van der Waals surface area contributed by atoms with Crippen molar-refractivity contribution in [2.75, 3.05) is 0 Å². The Kier molecular flexibility index (Phi) is 2.23. The van der Waals surface area contributed by atoms with Gasteiger partial charge in [-0.2, -0.15) is 11.3 Å². The van der Waals surface area contributed by atoms with Crippen LogP contribution in [0.3, 0.4) is 0 Å². The Morgan fingerprint density at radius 3 is 2.75 bits per heavy atom. The van der Waals surface area contributed by atoms with Crippen LogP contribution >= 0.6 is 11.3 Å². The second-order valence-corrected chi connectivity index (χ2v) is 3.92. The average Bonchev–Trinajstić information content (AvgIpc) is 3.01. The summed E-state index contributed by atoms with van der Waals surface area (Å²) in [5.41, 5.74) is 1.64. The summed E-state index contributed by atoms with van der Waals surface area (Å²) in [6.07, 6.45) is 1.70. The van der Waals surface area contributed by atoms with E-state index in [2.05, 4.69) is 15.2 Å². The topological polar surface area (TPSA) is 51.8 Å². The molecule has 0 saturated carbocycles. The molecule has 0 aliphatic carbocycles. The van der Waals surface area contributed by atoms with Gasteiger partial charge in [-0.25, -0.2) is 0 Å². The third kappa shape index (κ3) is 1.61. The molecule has 0 N–H and O–H groups in total. The minimum Gasteiger partial charge on any atom is -0.415 e. The van der Waals surface area contributed by atoms with Crippen LogP contribution in [0.15, 0.2) is 45.6 Å². The predicted molar refractivity (Wildman–Crippen MR) is 60.8 cm³/mol. The molecule has 0 aromatic carbocycles. The van der Waals surface area contributed by atoms with Gasteiger partial charge in [-0.15, -0.1) is 10.2 Å². The van der Waals surface area contributed by atoms with Crippen LogP contribution in [0.2, 0.25) is 0 Å². The summed E-state index contributed by atoms with van der Waals surface area (Å²) < 4.78 is 5.54. The van der Waals surface area contributed by atoms with Gasteiger partial charge in [0.2, 0.25) is 5.89 Å². The Bertz CT molecular complexity index is 574. The van der Waals surface area contributed by atoms with Crippen molar-refractivity contribution in [3.05, 3.63) is 41.2 Å². The highest BCUT2D eigenvalue weighted by Gasteiger charge is 2.10. The van der Waals surface area contributed by atoms with E-state index >= 15 is 0 Å². The fraction of sp³-hybridized carbons (Fsp3) is 0. The summed E-state index contributed by atoms with van der Waals surface area (Å²) in [6, 6.07) is 7.52. The molecule has 4 nitrogen and oxygen atoms in total. The minimum absolute atomic E-state index is 0.446. The smallest absolute Gasteiger partial charge is 0.266 e. The molecule has 3 heterocycles. The molecular formula is C11H7N3OS. The Hall–Kier alpha value is -2.01. The SMILES string of the molecule is c1ccc(-c2nnc(-c3ccsc3)o2)nc1. The van der Waals surface area contributed by atoms with Gasteiger partial charge in [0.15, 0.2) is 0 Å². The summed E-state index contributed by atoms with van der Waals surface area (Å²) >= 11 is 1.60. The molecule has 0 aliphatic heterocycles. The van der Waals surface area contributed by atoms with E-state index in [0.29, 0.717) is 17.5 Å². The highest BCUT2D eigenvalue weighted by atomic mass is 32.1. The van der Waals surface area contributed by atoms with E-state index in [-0.39, 0.29) is 0 Å². The summed E-state index contributed by atoms with van der Waals surface area (Å²) in [6.45, 7) is 0. The molecule has 0 amide bonds. The quantitative estimate of drug-likeness (QED) is 0.678. The molecule has 0 unspecified atom stereocenters. The molecular weight excluding hydrogens is 222 g/mol. The lowest BCUT2D eigenvalue weighted by Gasteiger charge is -1.90. The highest BCUT2D eigenvalue weighted by molar-refractivity contribution is 7.08. The van der Waals surface area contributed by atoms with Crippen LogP contribution in [0.4, 0.5) is 0 Å². The Morgan fingerprint density at radius 1 is 1.06 bits per heavy atom. The van der Waals surface area contributed by atoms with Crippen LogP contribution in [0.25, 0.3) is 23.0 Å². The third-order valence-electron chi connectivity index (χ3n) is 2.08. The van der Waals surface area contributed by atoms with Gasteiger partial charge >= 0.3 is 0 Å². The number of hydrogen-bond donors (Lipinski definition) is 0. The van der Waals surface area contributed by atoms with Crippen molar-refractivity contribution in [2.24, 2.45) is 0 Å². The lowest BCUT2D eigenvalue weighted by atomic mass is 10.3. The number of thiophene rings is 1. The first-order chi connectivity index (χ1) is 7.93. The number of pyridine rings is 1. The standard InChI is InChI=1S/C11H7N3OS/c1-2-5-12-9(3-1)11-14-13-10(15-11)8-4-6-16-7-8/h1-7H. The van der Waals surface area contributed by atoms with Crippen LogP contribution in [0.1, 0.15) is 0 Å². The molecule has 16 heavy (non-hydrogen) atoms. The van der Waals surface area contributed by atoms with Gasteiger partial charge in [-0.3, -0.25) is 4.98 Å². The Labute approximate surface area is 95.6 Å². The van der Waals surface area contributed by atoms with Crippen molar-refractivity contribution < 1.29 is 4.42 Å². The first kappa shape index (κ1) is 9.23. The molecule has 0 atom stereocenters. The Balaban J connectivity index is 2.00. The maximum atomic E-state index is 5.54. The second kappa shape index (κ2) is 3.86. The Morgan fingerprint density at radius 2 is 2.00 bits per heavy atom. The molecule has 0 bridgehead atoms. The van der Waals surface area contributed by atoms with Gasteiger partial charge in [0.25, 0.3) is 5.89 Å². The van der Waals surface area contributed by atoms with Gasteiger partial charge in [-0.05, 0) is 23.6 Å². The molecule has 0 fully saturated rings. The first-order valence-corrected chi connectivity index (χ1v) is 5.65. The molecule has 3 rings (SSSR count). The van der Waals surface area contributed by atoms with Gasteiger partial charge < -0.3 is 4.42 Å². The van der Waals surface area contributed by atoms with E-state index in [1.165, 1.54) is 0 Å². The normalized spacial score (nSPS) is 10.5. The lowest BCUT2D eigenvalue weighted by molar-refractivity contribution is 0.582. The summed E-state index contributed by atoms with van der Waals surface area (Å²) in [7, 11) is 0. The summed E-state index contributed by atoms with van der Waals surface area (Å²) in [5.74, 6) is 0.976. The molecule has 0 spiro atoms. The first-order valence-electron chi connectivity index (χ1n) is 4.71. The molecule has 78 valence electrons. The average molecular weight is 229 g/mol. The van der Waals surface area contributed by atoms with E-state index in [0.717, 1.165) is 5.56 Å². The van der Waals surface area contributed by atoms with Gasteiger partial charge in [0.1, 0.15) is 5.69 Å². The molecule has 0 aliphatic rings. The number of hydrogen-bond acceptors (Lipinski definition) is 5. The third-order valence-corrected chi connectivity index (χ3v) is 2.76. The van der Waals surface area contributed by atoms with Crippen molar-refractivity contribution in [1.82, 2.24) is 15.2 Å². The summed E-state index contributed by atoms with van der Waals surface area (Å²) in [5, 5.41) is 11.9. The maximum Gasteiger partial charge on any atom is 0.266 e. The minimum atomic E-state index is 0.446. The van der Waals surface area contributed by atoms with E-state index in [4.69, 9.17) is 4.42 Å². The van der Waals surface area contributed by atoms with Crippen LogP contribution in [0.5, 0.6) is 0 Å². The van der Waals surface area contributed by atoms with Crippen molar-refractivity contribution in [1.29, 1.82) is 0 Å². The van der Waals surface area contributed by atoms with Crippen LogP contribution in [0, 0.1) is 0 Å². The maximum absolute atomic E-state index is 5.54. The van der Waals surface area contributed by atoms with Crippen molar-refractivity contribution in [3.8, 4) is 23.0 Å². The van der Waals surface area contributed by atoms with Crippen molar-refractivity contribution >= 4 is 11.3 Å². The lowest BCUT2D eigenvalue weighted by Crippen LogP contribution is -1.80. The second-order valence-electron chi connectivity index (χ2n) is 3.14. The summed E-state index contributed by atoms with van der Waals surface area (Å²) in [4.78, 5) is 4.15. The molecule has 0 saturated heterocycles. The van der Waals surface area contributed by atoms with E-state index < -0.39 is 0 Å². The number of aromatic nitrogens is 3. The van der Waals surface area contributed by atoms with Crippen LogP contribution in [-0.2, 0) is 0 Å². The fourth-order valence-electron chi connectivity index (χ4n) is 1.32. The van der Waals surface area contributed by atoms with Crippen molar-refractivity contribution in [3.63, 3.8) is 0 Å². The predicted octanol–water partition coefficient (Wildman–Crippen LogP) is 2.86. The monoisotopic (exact) mass is 229 g/mol. The van der Waals surface area contributed by atoms with Gasteiger partial charge in [-0.1, -0.05) is 6.07 Å². The van der Waals surface area contributed by atoms with E-state index in [1.807, 2.05) is 35.0 Å². The highest BCUT2D eigenvalue weighted by Crippen LogP contribution is 2.23. The fourth-order valence-corrected chi connectivity index (χ4v) is 1.95. The van der Waals surface area contributed by atoms with Gasteiger partial charge in [0.05, 0.1) is 0 Å². The molecule has 3 aromatic rings. The van der Waals surface area contributed by atoms with Gasteiger partial charge in [0, 0.05) is 17.1 Å². The van der Waals surface area contributed by atoms with Crippen LogP contribution < -0.4 is 0 Å². The zero-order valence-electron chi connectivity index (χ0n) is 8.20. The molecule has 3 aromatic heterocycles. The number of rotatable bonds is 2. The number of nitrogens with zero attached hydrogens (tertiary/aromatic N) is 3. The zero-order chi connectivity index (χ0) is 10.8. The molecule has 0 radical (unpaired) electrons. The largest absolute Gasteiger partial charge is 0.415 e. The zero-order valence-corrected chi connectivity index (χ0v) is 9.02.